The van der Waals surface area contributed by atoms with Gasteiger partial charge in [-0.05, 0) is 39.8 Å². The van der Waals surface area contributed by atoms with Crippen LogP contribution in [0.25, 0.3) is 0 Å². The van der Waals surface area contributed by atoms with Crippen molar-refractivity contribution in [3.8, 4) is 0 Å². The maximum absolute atomic E-state index is 4.60. The number of aliphatic imine (C=N–C) groups is 4. The zero-order chi connectivity index (χ0) is 14.3. The first-order valence-electron chi connectivity index (χ1n) is 6.78. The van der Waals surface area contributed by atoms with Crippen molar-refractivity contribution < 1.29 is 54.0 Å². The van der Waals surface area contributed by atoms with Gasteiger partial charge in [-0.25, -0.2) is 15.0 Å². The van der Waals surface area contributed by atoms with Crippen molar-refractivity contribution >= 4 is 23.1 Å². The maximum atomic E-state index is 4.60. The molecule has 0 amide bonds. The van der Waals surface area contributed by atoms with Gasteiger partial charge in [-0.1, -0.05) is 6.07 Å². The molecular formula is C15H17Cl3CoN5. The predicted molar refractivity (Wildman–Crippen MR) is 82.5 cm³/mol. The average molecular weight is 433 g/mol. The summed E-state index contributed by atoms with van der Waals surface area (Å²) in [6.45, 7) is 8.04. The third-order valence-corrected chi connectivity index (χ3v) is 3.61. The van der Waals surface area contributed by atoms with Crippen molar-refractivity contribution in [3.63, 3.8) is 0 Å². The van der Waals surface area contributed by atoms with Crippen LogP contribution < -0.4 is 37.2 Å². The van der Waals surface area contributed by atoms with Crippen molar-refractivity contribution in [2.24, 2.45) is 20.0 Å². The van der Waals surface area contributed by atoms with E-state index in [1.807, 2.05) is 45.9 Å². The van der Waals surface area contributed by atoms with E-state index in [0.717, 1.165) is 22.8 Å². The summed E-state index contributed by atoms with van der Waals surface area (Å²) >= 11 is 0. The van der Waals surface area contributed by atoms with Crippen LogP contribution in [0.2, 0.25) is 0 Å². The summed E-state index contributed by atoms with van der Waals surface area (Å²) in [7, 11) is 0. The molecule has 0 bridgehead atoms. The Bertz CT molecular complexity index is 645. The SMILES string of the molecule is CC1=NC(c2cccc(C3=NC(C)C(C)=N3)n2)=NC1C.[Cl-].[Cl-].[Cl-].[Co+3]. The molecule has 9 heteroatoms. The Morgan fingerprint density at radius 1 is 0.750 bits per heavy atom. The molecule has 0 saturated carbocycles. The molecule has 0 N–H and O–H groups in total. The third-order valence-electron chi connectivity index (χ3n) is 3.61. The fourth-order valence-electron chi connectivity index (χ4n) is 2.06. The van der Waals surface area contributed by atoms with Crippen LogP contribution in [0, 0.1) is 0 Å². The second kappa shape index (κ2) is 10.3. The van der Waals surface area contributed by atoms with Gasteiger partial charge < -0.3 is 37.2 Å². The molecule has 132 valence electrons. The van der Waals surface area contributed by atoms with E-state index in [1.54, 1.807) is 0 Å². The van der Waals surface area contributed by atoms with E-state index in [2.05, 4.69) is 25.0 Å². The maximum Gasteiger partial charge on any atom is 3.00 e. The first kappa shape index (κ1) is 25.4. The molecule has 0 saturated heterocycles. The van der Waals surface area contributed by atoms with E-state index in [0.29, 0.717) is 11.7 Å². The largest absolute Gasteiger partial charge is 3.00 e. The number of rotatable bonds is 2. The molecule has 1 aromatic heterocycles. The minimum absolute atomic E-state index is 0. The van der Waals surface area contributed by atoms with Crippen LogP contribution in [0.1, 0.15) is 39.1 Å². The second-order valence-corrected chi connectivity index (χ2v) is 5.17. The quantitative estimate of drug-likeness (QED) is 0.458. The molecule has 5 nitrogen and oxygen atoms in total. The molecule has 3 rings (SSSR count). The summed E-state index contributed by atoms with van der Waals surface area (Å²) in [6.07, 6.45) is 0. The van der Waals surface area contributed by atoms with Crippen molar-refractivity contribution in [1.29, 1.82) is 0 Å². The van der Waals surface area contributed by atoms with Crippen molar-refractivity contribution in [2.45, 2.75) is 39.8 Å². The van der Waals surface area contributed by atoms with E-state index in [1.165, 1.54) is 0 Å². The van der Waals surface area contributed by atoms with Crippen LogP contribution in [0.15, 0.2) is 38.2 Å². The predicted octanol–water partition coefficient (Wildman–Crippen LogP) is -6.69. The van der Waals surface area contributed by atoms with Crippen molar-refractivity contribution in [3.05, 3.63) is 29.6 Å². The molecule has 0 spiro atoms. The zero-order valence-corrected chi connectivity index (χ0v) is 16.9. The molecule has 0 radical (unpaired) electrons. The van der Waals surface area contributed by atoms with Gasteiger partial charge in [0.25, 0.3) is 0 Å². The van der Waals surface area contributed by atoms with Crippen LogP contribution in [0.5, 0.6) is 0 Å². The summed E-state index contributed by atoms with van der Waals surface area (Å²) in [6, 6.07) is 6.07. The van der Waals surface area contributed by atoms with Crippen molar-refractivity contribution in [1.82, 2.24) is 4.98 Å². The number of halogens is 3. The Balaban J connectivity index is 0. The molecule has 0 aromatic carbocycles. The number of amidine groups is 2. The van der Waals surface area contributed by atoms with Crippen LogP contribution in [0.3, 0.4) is 0 Å². The molecule has 2 aliphatic heterocycles. The Hall–Kier alpha value is -0.794. The molecule has 2 aliphatic rings. The Morgan fingerprint density at radius 3 is 1.42 bits per heavy atom. The first-order valence-corrected chi connectivity index (χ1v) is 6.78. The summed E-state index contributed by atoms with van der Waals surface area (Å²) < 4.78 is 0. The zero-order valence-electron chi connectivity index (χ0n) is 13.6. The second-order valence-electron chi connectivity index (χ2n) is 5.17. The van der Waals surface area contributed by atoms with Gasteiger partial charge in [0.15, 0.2) is 11.7 Å². The number of nitrogens with zero attached hydrogens (tertiary/aromatic N) is 5. The van der Waals surface area contributed by atoms with E-state index in [-0.39, 0.29) is 66.1 Å². The number of hydrogen-bond donors (Lipinski definition) is 0. The summed E-state index contributed by atoms with van der Waals surface area (Å²) in [4.78, 5) is 22.6. The van der Waals surface area contributed by atoms with Gasteiger partial charge in [-0.2, -0.15) is 0 Å². The molecule has 3 heterocycles. The van der Waals surface area contributed by atoms with Gasteiger partial charge in [-0.3, -0.25) is 9.98 Å². The van der Waals surface area contributed by atoms with Gasteiger partial charge in [0.1, 0.15) is 11.4 Å². The molecule has 1 aromatic rings. The standard InChI is InChI=1S/C15H17N5.3ClH.Co/c1-8-9(2)17-14(16-8)12-6-5-7-13(20-12)15-18-10(3)11(4)19-15;;;;/h5-8,10H,1-4H3;3*1H;/q;;;;+3/p-3. The molecule has 2 unspecified atom stereocenters. The Kier molecular flexibility index (Phi) is 10.9. The fraction of sp³-hybridized carbons (Fsp3) is 0.400. The topological polar surface area (TPSA) is 62.3 Å². The Labute approximate surface area is 171 Å². The van der Waals surface area contributed by atoms with Gasteiger partial charge in [0.05, 0.1) is 12.1 Å². The van der Waals surface area contributed by atoms with Gasteiger partial charge in [-0.15, -0.1) is 0 Å². The molecule has 2 atom stereocenters. The van der Waals surface area contributed by atoms with E-state index >= 15 is 0 Å². The molecule has 0 fully saturated rings. The number of pyridine rings is 1. The van der Waals surface area contributed by atoms with Crippen LogP contribution >= 0.6 is 0 Å². The van der Waals surface area contributed by atoms with E-state index in [9.17, 15) is 0 Å². The Morgan fingerprint density at radius 2 is 1.12 bits per heavy atom. The third kappa shape index (κ3) is 5.10. The van der Waals surface area contributed by atoms with Gasteiger partial charge >= 0.3 is 16.8 Å². The first-order chi connectivity index (χ1) is 9.54. The van der Waals surface area contributed by atoms with E-state index < -0.39 is 0 Å². The van der Waals surface area contributed by atoms with Crippen LogP contribution in [-0.4, -0.2) is 40.2 Å². The average Bonchev–Trinajstić information content (AvgIpc) is 2.94. The van der Waals surface area contributed by atoms with E-state index in [4.69, 9.17) is 0 Å². The smallest absolute Gasteiger partial charge is 1.00 e. The molecule has 24 heavy (non-hydrogen) atoms. The van der Waals surface area contributed by atoms with Crippen LogP contribution in [0.4, 0.5) is 0 Å². The minimum Gasteiger partial charge on any atom is -1.00 e. The summed E-state index contributed by atoms with van der Waals surface area (Å²) in [5.41, 5.74) is 3.60. The van der Waals surface area contributed by atoms with Crippen molar-refractivity contribution in [2.75, 3.05) is 0 Å². The monoisotopic (exact) mass is 431 g/mol. The van der Waals surface area contributed by atoms with Gasteiger partial charge in [0, 0.05) is 11.4 Å². The summed E-state index contributed by atoms with van der Waals surface area (Å²) in [5.74, 6) is 1.40. The van der Waals surface area contributed by atoms with Gasteiger partial charge in [0.2, 0.25) is 0 Å². The number of aromatic nitrogens is 1. The normalized spacial score (nSPS) is 21.0. The summed E-state index contributed by atoms with van der Waals surface area (Å²) in [5, 5.41) is 0. The fourth-order valence-corrected chi connectivity index (χ4v) is 2.06. The minimum atomic E-state index is 0. The molecular weight excluding hydrogens is 415 g/mol. The van der Waals surface area contributed by atoms with Crippen LogP contribution in [-0.2, 0) is 16.8 Å². The molecule has 0 aliphatic carbocycles. The number of hydrogen-bond acceptors (Lipinski definition) is 5.